The zero-order chi connectivity index (χ0) is 17.1. The molecule has 0 saturated carbocycles. The highest BCUT2D eigenvalue weighted by atomic mass is 35.5. The lowest BCUT2D eigenvalue weighted by Crippen LogP contribution is -2.51. The molecule has 1 aromatic carbocycles. The first-order valence-corrected chi connectivity index (χ1v) is 8.48. The van der Waals surface area contributed by atoms with Crippen LogP contribution in [0.5, 0.6) is 5.75 Å². The Morgan fingerprint density at radius 1 is 1.32 bits per heavy atom. The molecule has 0 spiro atoms. The maximum atomic E-state index is 12.7. The van der Waals surface area contributed by atoms with Crippen LogP contribution < -0.4 is 15.4 Å². The minimum Gasteiger partial charge on any atom is -0.497 e. The number of nitrogens with one attached hydrogen (secondary N) is 2. The number of carbonyl (C=O) groups is 2. The summed E-state index contributed by atoms with van der Waals surface area (Å²) in [6.45, 7) is 2.63. The van der Waals surface area contributed by atoms with Gasteiger partial charge in [0, 0.05) is 39.0 Å². The highest BCUT2D eigenvalue weighted by Gasteiger charge is 2.39. The number of amides is 2. The van der Waals surface area contributed by atoms with Crippen LogP contribution in [0.2, 0.25) is 0 Å². The summed E-state index contributed by atoms with van der Waals surface area (Å²) >= 11 is 0. The van der Waals surface area contributed by atoms with Gasteiger partial charge in [0.25, 0.3) is 0 Å². The number of nitrogens with zero attached hydrogens (tertiary/aromatic N) is 1. The van der Waals surface area contributed by atoms with Crippen molar-refractivity contribution in [3.8, 4) is 5.75 Å². The van der Waals surface area contributed by atoms with Gasteiger partial charge in [-0.05, 0) is 24.1 Å². The first-order chi connectivity index (χ1) is 11.6. The van der Waals surface area contributed by atoms with Gasteiger partial charge in [-0.2, -0.15) is 0 Å². The van der Waals surface area contributed by atoms with Gasteiger partial charge in [-0.15, -0.1) is 12.4 Å². The molecule has 138 valence electrons. The van der Waals surface area contributed by atoms with Crippen LogP contribution in [-0.4, -0.2) is 50.5 Å². The van der Waals surface area contributed by atoms with Crippen molar-refractivity contribution in [2.45, 2.75) is 18.9 Å². The largest absolute Gasteiger partial charge is 0.497 e. The van der Waals surface area contributed by atoms with Crippen molar-refractivity contribution in [2.75, 3.05) is 33.8 Å². The maximum absolute atomic E-state index is 12.7. The number of piperidine rings is 1. The Morgan fingerprint density at radius 2 is 2.00 bits per heavy atom. The van der Waals surface area contributed by atoms with Gasteiger partial charge in [0.1, 0.15) is 5.75 Å². The second-order valence-electron chi connectivity index (χ2n) is 6.64. The van der Waals surface area contributed by atoms with Crippen LogP contribution in [0.15, 0.2) is 24.3 Å². The van der Waals surface area contributed by atoms with Crippen LogP contribution in [0.25, 0.3) is 0 Å². The first-order valence-electron chi connectivity index (χ1n) is 8.48. The number of ether oxygens (including phenoxy) is 1. The normalized spacial score (nSPS) is 23.4. The van der Waals surface area contributed by atoms with E-state index in [0.717, 1.165) is 24.4 Å². The highest BCUT2D eigenvalue weighted by Crippen LogP contribution is 2.36. The fourth-order valence-corrected chi connectivity index (χ4v) is 3.44. The molecule has 1 aromatic rings. The van der Waals surface area contributed by atoms with Crippen LogP contribution in [-0.2, 0) is 9.59 Å². The molecule has 2 atom stereocenters. The molecule has 6 nitrogen and oxygen atoms in total. The number of halogens is 1. The number of likely N-dealkylation sites (tertiary alicyclic amines) is 1. The lowest BCUT2D eigenvalue weighted by atomic mass is 9.83. The van der Waals surface area contributed by atoms with Gasteiger partial charge >= 0.3 is 0 Å². The summed E-state index contributed by atoms with van der Waals surface area (Å²) in [5, 5.41) is 6.28. The summed E-state index contributed by atoms with van der Waals surface area (Å²) in [5.74, 6) is 1.21. The van der Waals surface area contributed by atoms with Gasteiger partial charge in [-0.25, -0.2) is 0 Å². The molecular weight excluding hydrogens is 342 g/mol. The molecule has 2 aliphatic heterocycles. The number of hydrogen-bond donors (Lipinski definition) is 2. The molecule has 2 amide bonds. The van der Waals surface area contributed by atoms with Crippen LogP contribution in [0.4, 0.5) is 0 Å². The minimum absolute atomic E-state index is 0. The summed E-state index contributed by atoms with van der Waals surface area (Å²) in [6, 6.07) is 7.40. The average molecular weight is 368 g/mol. The number of carbonyl (C=O) groups excluding carboxylic acids is 2. The number of hydrogen-bond acceptors (Lipinski definition) is 4. The second-order valence-corrected chi connectivity index (χ2v) is 6.64. The molecular formula is C18H26ClN3O3. The quantitative estimate of drug-likeness (QED) is 0.824. The van der Waals surface area contributed by atoms with Crippen LogP contribution in [0, 0.1) is 11.8 Å². The van der Waals surface area contributed by atoms with E-state index in [1.54, 1.807) is 19.1 Å². The van der Waals surface area contributed by atoms with E-state index in [0.29, 0.717) is 25.3 Å². The van der Waals surface area contributed by atoms with Crippen molar-refractivity contribution < 1.29 is 14.3 Å². The fraction of sp³-hybridized carbons (Fsp3) is 0.556. The predicted molar refractivity (Wildman–Crippen MR) is 97.8 cm³/mol. The van der Waals surface area contributed by atoms with E-state index in [1.165, 1.54) is 0 Å². The van der Waals surface area contributed by atoms with Gasteiger partial charge in [0.2, 0.25) is 11.8 Å². The monoisotopic (exact) mass is 367 g/mol. The zero-order valence-electron chi connectivity index (χ0n) is 14.7. The van der Waals surface area contributed by atoms with Gasteiger partial charge < -0.3 is 20.3 Å². The maximum Gasteiger partial charge on any atom is 0.225 e. The Bertz CT molecular complexity index is 604. The summed E-state index contributed by atoms with van der Waals surface area (Å²) in [5.41, 5.74) is 0.969. The Kier molecular flexibility index (Phi) is 6.67. The molecule has 0 aromatic heterocycles. The lowest BCUT2D eigenvalue weighted by molar-refractivity contribution is -0.141. The van der Waals surface area contributed by atoms with Crippen LogP contribution in [0.1, 0.15) is 24.4 Å². The molecule has 3 rings (SSSR count). The highest BCUT2D eigenvalue weighted by molar-refractivity contribution is 5.85. The van der Waals surface area contributed by atoms with E-state index >= 15 is 0 Å². The Morgan fingerprint density at radius 3 is 2.56 bits per heavy atom. The molecule has 2 unspecified atom stereocenters. The second kappa shape index (κ2) is 8.54. The predicted octanol–water partition coefficient (Wildman–Crippen LogP) is 1.36. The standard InChI is InChI=1S/C18H25N3O3.ClH/c1-21-16(22)8-7-15(18(23)20-11-12-9-19-10-12)17(21)13-3-5-14(24-2)6-4-13;/h3-6,12,15,17,19H,7-11H2,1-2H3,(H,20,23);1H. The molecule has 2 heterocycles. The van der Waals surface area contributed by atoms with Gasteiger partial charge in [0.05, 0.1) is 19.1 Å². The van der Waals surface area contributed by atoms with E-state index in [4.69, 9.17) is 4.74 Å². The first kappa shape index (κ1) is 19.5. The molecule has 7 heteroatoms. The lowest BCUT2D eigenvalue weighted by Gasteiger charge is -2.39. The molecule has 0 radical (unpaired) electrons. The summed E-state index contributed by atoms with van der Waals surface area (Å²) in [7, 11) is 3.41. The third kappa shape index (κ3) is 4.25. The Balaban J connectivity index is 0.00000225. The summed E-state index contributed by atoms with van der Waals surface area (Å²) in [6.07, 6.45) is 1.01. The van der Waals surface area contributed by atoms with E-state index < -0.39 is 0 Å². The summed E-state index contributed by atoms with van der Waals surface area (Å²) < 4.78 is 5.20. The zero-order valence-corrected chi connectivity index (χ0v) is 15.5. The minimum atomic E-state index is -0.225. The van der Waals surface area contributed by atoms with Crippen LogP contribution in [0.3, 0.4) is 0 Å². The van der Waals surface area contributed by atoms with E-state index in [-0.39, 0.29) is 36.2 Å². The van der Waals surface area contributed by atoms with Gasteiger partial charge in [-0.1, -0.05) is 12.1 Å². The third-order valence-corrected chi connectivity index (χ3v) is 5.09. The third-order valence-electron chi connectivity index (χ3n) is 5.09. The Hall–Kier alpha value is -1.79. The van der Waals surface area contributed by atoms with Crippen LogP contribution >= 0.6 is 12.4 Å². The molecule has 0 bridgehead atoms. The van der Waals surface area contributed by atoms with E-state index in [9.17, 15) is 9.59 Å². The van der Waals surface area contributed by atoms with Crippen molar-refractivity contribution >= 4 is 24.2 Å². The number of benzene rings is 1. The molecule has 0 aliphatic carbocycles. The number of methoxy groups -OCH3 is 1. The smallest absolute Gasteiger partial charge is 0.225 e. The van der Waals surface area contributed by atoms with Crippen molar-refractivity contribution in [3.05, 3.63) is 29.8 Å². The molecule has 2 fully saturated rings. The fourth-order valence-electron chi connectivity index (χ4n) is 3.44. The van der Waals surface area contributed by atoms with Crippen molar-refractivity contribution in [1.82, 2.24) is 15.5 Å². The van der Waals surface area contributed by atoms with Gasteiger partial charge in [0.15, 0.2) is 0 Å². The van der Waals surface area contributed by atoms with Crippen molar-refractivity contribution in [3.63, 3.8) is 0 Å². The Labute approximate surface area is 154 Å². The summed E-state index contributed by atoms with van der Waals surface area (Å²) in [4.78, 5) is 26.6. The topological polar surface area (TPSA) is 70.7 Å². The van der Waals surface area contributed by atoms with Crippen molar-refractivity contribution in [2.24, 2.45) is 11.8 Å². The molecule has 25 heavy (non-hydrogen) atoms. The number of rotatable bonds is 5. The van der Waals surface area contributed by atoms with Gasteiger partial charge in [-0.3, -0.25) is 9.59 Å². The SMILES string of the molecule is COc1ccc(C2C(C(=O)NCC3CNC3)CCC(=O)N2C)cc1.Cl. The molecule has 2 aliphatic rings. The van der Waals surface area contributed by atoms with E-state index in [1.807, 2.05) is 24.3 Å². The molecule has 2 N–H and O–H groups in total. The molecule has 2 saturated heterocycles. The van der Waals surface area contributed by atoms with Crippen molar-refractivity contribution in [1.29, 1.82) is 0 Å². The average Bonchev–Trinajstić information content (AvgIpc) is 2.55. The van der Waals surface area contributed by atoms with E-state index in [2.05, 4.69) is 10.6 Å².